The lowest BCUT2D eigenvalue weighted by molar-refractivity contribution is 0.0877. The van der Waals surface area contributed by atoms with Crippen LogP contribution in [0.4, 0.5) is 0 Å². The maximum Gasteiger partial charge on any atom is 0.167 e. The Morgan fingerprint density at radius 1 is 1.21 bits per heavy atom. The van der Waals surface area contributed by atoms with Gasteiger partial charge >= 0.3 is 0 Å². The second-order valence-corrected chi connectivity index (χ2v) is 5.23. The Balaban J connectivity index is 2.35. The van der Waals surface area contributed by atoms with Gasteiger partial charge in [-0.2, -0.15) is 0 Å². The van der Waals surface area contributed by atoms with Gasteiger partial charge in [0.25, 0.3) is 0 Å². The van der Waals surface area contributed by atoms with Crippen molar-refractivity contribution in [2.45, 2.75) is 12.8 Å². The number of methoxy groups -OCH3 is 2. The first kappa shape index (κ1) is 13.9. The number of Topliss-reactive ketones (excluding diaryl/α,β-unsaturated/α-hetero) is 1. The molecule has 1 atom stereocenters. The molecule has 0 aliphatic heterocycles. The number of hydrogen-bond donors (Lipinski definition) is 0. The zero-order chi connectivity index (χ0) is 14.0. The Morgan fingerprint density at radius 2 is 1.84 bits per heavy atom. The zero-order valence-corrected chi connectivity index (χ0v) is 12.0. The molecule has 4 nitrogen and oxygen atoms in total. The third-order valence-electron chi connectivity index (χ3n) is 3.59. The van der Waals surface area contributed by atoms with Crippen LogP contribution in [0.15, 0.2) is 12.1 Å². The lowest BCUT2D eigenvalue weighted by Gasteiger charge is -2.26. The van der Waals surface area contributed by atoms with Crippen LogP contribution in [0.1, 0.15) is 22.3 Å². The van der Waals surface area contributed by atoms with Crippen LogP contribution in [0.3, 0.4) is 0 Å². The number of rotatable bonds is 4. The van der Waals surface area contributed by atoms with Crippen LogP contribution in [0.5, 0.6) is 11.5 Å². The molecule has 0 spiro atoms. The van der Waals surface area contributed by atoms with Gasteiger partial charge in [0.15, 0.2) is 17.3 Å². The largest absolute Gasteiger partial charge is 0.493 e. The minimum Gasteiger partial charge on any atom is -0.493 e. The van der Waals surface area contributed by atoms with E-state index in [-0.39, 0.29) is 11.7 Å². The Hall–Kier alpha value is -1.55. The molecule has 1 aliphatic rings. The molecule has 1 aromatic carbocycles. The van der Waals surface area contributed by atoms with Crippen molar-refractivity contribution in [2.75, 3.05) is 34.9 Å². The lowest BCUT2D eigenvalue weighted by atomic mass is 9.82. The fourth-order valence-corrected chi connectivity index (χ4v) is 2.65. The second kappa shape index (κ2) is 5.61. The van der Waals surface area contributed by atoms with E-state index in [0.717, 1.165) is 30.5 Å². The molecule has 1 unspecified atom stereocenters. The molecule has 0 radical (unpaired) electrons. The number of nitrogens with zero attached hydrogens (tertiary/aromatic N) is 1. The van der Waals surface area contributed by atoms with Crippen LogP contribution in [0.2, 0.25) is 0 Å². The van der Waals surface area contributed by atoms with Crippen LogP contribution in [-0.2, 0) is 6.42 Å². The van der Waals surface area contributed by atoms with Crippen LogP contribution in [0.25, 0.3) is 0 Å². The van der Waals surface area contributed by atoms with E-state index in [1.165, 1.54) is 0 Å². The van der Waals surface area contributed by atoms with Gasteiger partial charge in [-0.3, -0.25) is 4.79 Å². The highest BCUT2D eigenvalue weighted by molar-refractivity contribution is 6.01. The number of carbonyl (C=O) groups excluding carboxylic acids is 1. The number of benzene rings is 1. The third-order valence-corrected chi connectivity index (χ3v) is 3.59. The summed E-state index contributed by atoms with van der Waals surface area (Å²) in [6.45, 7) is 0.798. The molecule has 0 amide bonds. The highest BCUT2D eigenvalue weighted by Gasteiger charge is 2.29. The van der Waals surface area contributed by atoms with Crippen LogP contribution in [-0.4, -0.2) is 45.5 Å². The number of fused-ring (bicyclic) bond motifs is 1. The lowest BCUT2D eigenvalue weighted by Crippen LogP contribution is -2.31. The van der Waals surface area contributed by atoms with E-state index >= 15 is 0 Å². The molecule has 104 valence electrons. The number of ether oxygens (including phenoxy) is 2. The molecule has 1 aliphatic carbocycles. The van der Waals surface area contributed by atoms with Gasteiger partial charge in [0.2, 0.25) is 0 Å². The van der Waals surface area contributed by atoms with Crippen molar-refractivity contribution in [1.29, 1.82) is 0 Å². The van der Waals surface area contributed by atoms with Gasteiger partial charge in [-0.05, 0) is 44.6 Å². The average molecular weight is 263 g/mol. The summed E-state index contributed by atoms with van der Waals surface area (Å²) in [5.41, 5.74) is 1.86. The van der Waals surface area contributed by atoms with Crippen LogP contribution >= 0.6 is 0 Å². The summed E-state index contributed by atoms with van der Waals surface area (Å²) in [6.07, 6.45) is 1.82. The van der Waals surface area contributed by atoms with Gasteiger partial charge in [-0.1, -0.05) is 0 Å². The van der Waals surface area contributed by atoms with Crippen molar-refractivity contribution in [1.82, 2.24) is 4.90 Å². The van der Waals surface area contributed by atoms with E-state index in [2.05, 4.69) is 4.90 Å². The predicted octanol–water partition coefficient (Wildman–Crippen LogP) is 2.01. The summed E-state index contributed by atoms with van der Waals surface area (Å²) >= 11 is 0. The summed E-state index contributed by atoms with van der Waals surface area (Å²) in [4.78, 5) is 14.6. The predicted molar refractivity (Wildman–Crippen MR) is 74.2 cm³/mol. The average Bonchev–Trinajstić information content (AvgIpc) is 2.40. The van der Waals surface area contributed by atoms with Gasteiger partial charge in [0, 0.05) is 18.0 Å². The summed E-state index contributed by atoms with van der Waals surface area (Å²) in [5.74, 6) is 1.62. The Labute approximate surface area is 114 Å². The standard InChI is InChI=1S/C15H21NO3/c1-16(2)9-11-6-5-10-7-13(18-3)14(19-4)8-12(10)15(11)17/h7-8,11H,5-6,9H2,1-4H3. The summed E-state index contributed by atoms with van der Waals surface area (Å²) < 4.78 is 10.6. The number of aryl methyl sites for hydroxylation is 1. The molecule has 19 heavy (non-hydrogen) atoms. The number of hydrogen-bond acceptors (Lipinski definition) is 4. The van der Waals surface area contributed by atoms with E-state index < -0.39 is 0 Å². The van der Waals surface area contributed by atoms with Gasteiger partial charge in [0.05, 0.1) is 14.2 Å². The highest BCUT2D eigenvalue weighted by Crippen LogP contribution is 2.35. The molecular weight excluding hydrogens is 242 g/mol. The first-order valence-corrected chi connectivity index (χ1v) is 6.50. The summed E-state index contributed by atoms with van der Waals surface area (Å²) in [5, 5.41) is 0. The van der Waals surface area contributed by atoms with Crippen molar-refractivity contribution >= 4 is 5.78 Å². The monoisotopic (exact) mass is 263 g/mol. The minimum atomic E-state index is 0.0839. The number of carbonyl (C=O) groups is 1. The zero-order valence-electron chi connectivity index (χ0n) is 12.0. The number of ketones is 1. The first-order chi connectivity index (χ1) is 9.06. The Kier molecular flexibility index (Phi) is 4.10. The topological polar surface area (TPSA) is 38.8 Å². The van der Waals surface area contributed by atoms with Gasteiger partial charge in [-0.15, -0.1) is 0 Å². The van der Waals surface area contributed by atoms with Gasteiger partial charge < -0.3 is 14.4 Å². The molecule has 0 heterocycles. The van der Waals surface area contributed by atoms with Crippen molar-refractivity contribution in [3.8, 4) is 11.5 Å². The molecule has 0 fully saturated rings. The van der Waals surface area contributed by atoms with Crippen molar-refractivity contribution in [3.05, 3.63) is 23.3 Å². The molecule has 0 aromatic heterocycles. The molecule has 2 rings (SSSR count). The summed E-state index contributed by atoms with van der Waals surface area (Å²) in [6, 6.07) is 3.75. The van der Waals surface area contributed by atoms with Crippen LogP contribution < -0.4 is 9.47 Å². The smallest absolute Gasteiger partial charge is 0.167 e. The van der Waals surface area contributed by atoms with E-state index in [0.29, 0.717) is 11.5 Å². The fourth-order valence-electron chi connectivity index (χ4n) is 2.65. The maximum absolute atomic E-state index is 12.5. The highest BCUT2D eigenvalue weighted by atomic mass is 16.5. The first-order valence-electron chi connectivity index (χ1n) is 6.50. The molecular formula is C15H21NO3. The minimum absolute atomic E-state index is 0.0839. The third kappa shape index (κ3) is 2.73. The Bertz CT molecular complexity index is 483. The van der Waals surface area contributed by atoms with Gasteiger partial charge in [0.1, 0.15) is 0 Å². The molecule has 4 heteroatoms. The van der Waals surface area contributed by atoms with E-state index in [4.69, 9.17) is 9.47 Å². The SMILES string of the molecule is COc1cc2c(cc1OC)C(=O)C(CN(C)C)CC2. The molecule has 1 aromatic rings. The fraction of sp³-hybridized carbons (Fsp3) is 0.533. The van der Waals surface area contributed by atoms with Crippen molar-refractivity contribution in [2.24, 2.45) is 5.92 Å². The second-order valence-electron chi connectivity index (χ2n) is 5.23. The molecule has 0 saturated heterocycles. The Morgan fingerprint density at radius 3 is 2.42 bits per heavy atom. The van der Waals surface area contributed by atoms with E-state index in [1.807, 2.05) is 26.2 Å². The van der Waals surface area contributed by atoms with Crippen molar-refractivity contribution in [3.63, 3.8) is 0 Å². The van der Waals surface area contributed by atoms with Gasteiger partial charge in [-0.25, -0.2) is 0 Å². The van der Waals surface area contributed by atoms with E-state index in [1.54, 1.807) is 14.2 Å². The van der Waals surface area contributed by atoms with Crippen molar-refractivity contribution < 1.29 is 14.3 Å². The molecule has 0 N–H and O–H groups in total. The van der Waals surface area contributed by atoms with Crippen LogP contribution in [0, 0.1) is 5.92 Å². The molecule has 0 bridgehead atoms. The quantitative estimate of drug-likeness (QED) is 0.833. The molecule has 0 saturated carbocycles. The normalized spacial score (nSPS) is 18.4. The van der Waals surface area contributed by atoms with E-state index in [9.17, 15) is 4.79 Å². The maximum atomic E-state index is 12.5. The summed E-state index contributed by atoms with van der Waals surface area (Å²) in [7, 11) is 7.20.